The highest BCUT2D eigenvalue weighted by molar-refractivity contribution is 4.95. The van der Waals surface area contributed by atoms with E-state index in [1.54, 1.807) is 0 Å². The molecule has 0 amide bonds. The van der Waals surface area contributed by atoms with Crippen LogP contribution in [0.25, 0.3) is 0 Å². The minimum Gasteiger partial charge on any atom is -0.335 e. The number of nitrogens with zero attached hydrogens (tertiary/aromatic N) is 2. The summed E-state index contributed by atoms with van der Waals surface area (Å²) in [6.07, 6.45) is 11.5. The third-order valence-electron chi connectivity index (χ3n) is 3.41. The first-order valence-electron chi connectivity index (χ1n) is 7.55. The summed E-state index contributed by atoms with van der Waals surface area (Å²) in [6.45, 7) is 8.80. The van der Waals surface area contributed by atoms with E-state index in [9.17, 15) is 0 Å². The van der Waals surface area contributed by atoms with Gasteiger partial charge in [0.25, 0.3) is 0 Å². The fraction of sp³-hybridized carbons (Fsp3) is 0.800. The van der Waals surface area contributed by atoms with Crippen molar-refractivity contribution in [3.63, 3.8) is 0 Å². The van der Waals surface area contributed by atoms with Crippen LogP contribution in [0, 0.1) is 0 Å². The molecular weight excluding hydrogens is 222 g/mol. The molecule has 1 N–H and O–H groups in total. The summed E-state index contributed by atoms with van der Waals surface area (Å²) in [5, 5.41) is 3.66. The van der Waals surface area contributed by atoms with E-state index in [1.165, 1.54) is 37.9 Å². The summed E-state index contributed by atoms with van der Waals surface area (Å²) in [7, 11) is 0. The Labute approximate surface area is 112 Å². The van der Waals surface area contributed by atoms with Gasteiger partial charge < -0.3 is 9.88 Å². The quantitative estimate of drug-likeness (QED) is 0.646. The maximum Gasteiger partial charge on any atom is 0.110 e. The van der Waals surface area contributed by atoms with Crippen LogP contribution in [0.15, 0.2) is 12.4 Å². The first kappa shape index (κ1) is 15.2. The van der Waals surface area contributed by atoms with Crippen LogP contribution in [0.1, 0.15) is 58.7 Å². The standard InChI is InChI=1S/C15H29N3/c1-4-7-8-9-14(16-10-5-2)13-15-17-11-12-18(15)6-3/h11-12,14,16H,4-10,13H2,1-3H3. The Hall–Kier alpha value is -0.830. The molecule has 0 fully saturated rings. The van der Waals surface area contributed by atoms with Crippen molar-refractivity contribution < 1.29 is 0 Å². The van der Waals surface area contributed by atoms with Crippen LogP contribution in [0.4, 0.5) is 0 Å². The van der Waals surface area contributed by atoms with Crippen LogP contribution in [0.5, 0.6) is 0 Å². The van der Waals surface area contributed by atoms with Crippen molar-refractivity contribution in [2.45, 2.75) is 71.9 Å². The topological polar surface area (TPSA) is 29.9 Å². The Morgan fingerprint density at radius 3 is 2.72 bits per heavy atom. The molecule has 1 unspecified atom stereocenters. The highest BCUT2D eigenvalue weighted by Crippen LogP contribution is 2.09. The second-order valence-corrected chi connectivity index (χ2v) is 4.98. The number of hydrogen-bond acceptors (Lipinski definition) is 2. The van der Waals surface area contributed by atoms with E-state index in [0.717, 1.165) is 19.5 Å². The van der Waals surface area contributed by atoms with E-state index in [0.29, 0.717) is 6.04 Å². The molecule has 1 rings (SSSR count). The molecule has 0 radical (unpaired) electrons. The molecule has 0 saturated carbocycles. The number of aromatic nitrogens is 2. The van der Waals surface area contributed by atoms with Crippen molar-refractivity contribution in [3.8, 4) is 0 Å². The third-order valence-corrected chi connectivity index (χ3v) is 3.41. The number of hydrogen-bond donors (Lipinski definition) is 1. The van der Waals surface area contributed by atoms with Crippen molar-refractivity contribution >= 4 is 0 Å². The molecule has 0 aliphatic heterocycles. The zero-order chi connectivity index (χ0) is 13.2. The molecule has 0 aliphatic rings. The van der Waals surface area contributed by atoms with E-state index in [1.807, 2.05) is 6.20 Å². The van der Waals surface area contributed by atoms with Crippen molar-refractivity contribution in [1.29, 1.82) is 0 Å². The average Bonchev–Trinajstić information content (AvgIpc) is 2.83. The fourth-order valence-electron chi connectivity index (χ4n) is 2.30. The summed E-state index contributed by atoms with van der Waals surface area (Å²) < 4.78 is 2.25. The van der Waals surface area contributed by atoms with Crippen LogP contribution in [-0.2, 0) is 13.0 Å². The summed E-state index contributed by atoms with van der Waals surface area (Å²) in [5.74, 6) is 1.22. The molecule has 0 bridgehead atoms. The van der Waals surface area contributed by atoms with Gasteiger partial charge in [0, 0.05) is 31.4 Å². The molecule has 0 saturated heterocycles. The number of unbranched alkanes of at least 4 members (excludes halogenated alkanes) is 2. The van der Waals surface area contributed by atoms with Gasteiger partial charge in [0.15, 0.2) is 0 Å². The lowest BCUT2D eigenvalue weighted by molar-refractivity contribution is 0.443. The van der Waals surface area contributed by atoms with Gasteiger partial charge in [-0.1, -0.05) is 33.1 Å². The SMILES string of the molecule is CCCCCC(Cc1nccn1CC)NCCC. The number of rotatable bonds is 10. The van der Waals surface area contributed by atoms with E-state index < -0.39 is 0 Å². The molecule has 3 heteroatoms. The second kappa shape index (κ2) is 9.15. The largest absolute Gasteiger partial charge is 0.335 e. The predicted octanol–water partition coefficient (Wildman–Crippen LogP) is 3.39. The Morgan fingerprint density at radius 1 is 1.22 bits per heavy atom. The van der Waals surface area contributed by atoms with Crippen LogP contribution >= 0.6 is 0 Å². The van der Waals surface area contributed by atoms with Gasteiger partial charge in [-0.3, -0.25) is 0 Å². The van der Waals surface area contributed by atoms with E-state index in [-0.39, 0.29) is 0 Å². The molecule has 0 aliphatic carbocycles. The summed E-state index contributed by atoms with van der Waals surface area (Å²) in [6, 6.07) is 0.587. The molecular formula is C15H29N3. The van der Waals surface area contributed by atoms with Gasteiger partial charge in [-0.15, -0.1) is 0 Å². The number of aryl methyl sites for hydroxylation is 1. The highest BCUT2D eigenvalue weighted by Gasteiger charge is 2.11. The molecule has 1 heterocycles. The molecule has 0 spiro atoms. The van der Waals surface area contributed by atoms with Crippen molar-refractivity contribution in [2.75, 3.05) is 6.54 Å². The van der Waals surface area contributed by atoms with Crippen molar-refractivity contribution in [3.05, 3.63) is 18.2 Å². The summed E-state index contributed by atoms with van der Waals surface area (Å²) in [5.41, 5.74) is 0. The normalized spacial score (nSPS) is 12.8. The molecule has 0 aromatic carbocycles. The first-order valence-corrected chi connectivity index (χ1v) is 7.55. The lowest BCUT2D eigenvalue weighted by Crippen LogP contribution is -2.32. The smallest absolute Gasteiger partial charge is 0.110 e. The minimum atomic E-state index is 0.587. The second-order valence-electron chi connectivity index (χ2n) is 4.98. The Bertz CT molecular complexity index is 306. The molecule has 3 nitrogen and oxygen atoms in total. The lowest BCUT2D eigenvalue weighted by atomic mass is 10.0. The highest BCUT2D eigenvalue weighted by atomic mass is 15.1. The van der Waals surface area contributed by atoms with Gasteiger partial charge in [-0.05, 0) is 26.3 Å². The van der Waals surface area contributed by atoms with E-state index >= 15 is 0 Å². The maximum absolute atomic E-state index is 4.49. The Morgan fingerprint density at radius 2 is 2.06 bits per heavy atom. The van der Waals surface area contributed by atoms with Gasteiger partial charge in [-0.25, -0.2) is 4.98 Å². The van der Waals surface area contributed by atoms with Gasteiger partial charge in [0.1, 0.15) is 5.82 Å². The molecule has 104 valence electrons. The zero-order valence-corrected chi connectivity index (χ0v) is 12.3. The van der Waals surface area contributed by atoms with Gasteiger partial charge in [0.2, 0.25) is 0 Å². The maximum atomic E-state index is 4.49. The zero-order valence-electron chi connectivity index (χ0n) is 12.3. The molecule has 18 heavy (non-hydrogen) atoms. The number of nitrogens with one attached hydrogen (secondary N) is 1. The Kier molecular flexibility index (Phi) is 7.74. The van der Waals surface area contributed by atoms with Crippen LogP contribution in [-0.4, -0.2) is 22.1 Å². The van der Waals surface area contributed by atoms with E-state index in [4.69, 9.17) is 0 Å². The van der Waals surface area contributed by atoms with Gasteiger partial charge in [0.05, 0.1) is 0 Å². The monoisotopic (exact) mass is 251 g/mol. The van der Waals surface area contributed by atoms with Gasteiger partial charge in [-0.2, -0.15) is 0 Å². The summed E-state index contributed by atoms with van der Waals surface area (Å²) in [4.78, 5) is 4.49. The minimum absolute atomic E-state index is 0.587. The first-order chi connectivity index (χ1) is 8.81. The predicted molar refractivity (Wildman–Crippen MR) is 77.8 cm³/mol. The van der Waals surface area contributed by atoms with Crippen LogP contribution in [0.2, 0.25) is 0 Å². The number of imidazole rings is 1. The van der Waals surface area contributed by atoms with Crippen LogP contribution < -0.4 is 5.32 Å². The van der Waals surface area contributed by atoms with Crippen molar-refractivity contribution in [1.82, 2.24) is 14.9 Å². The fourth-order valence-corrected chi connectivity index (χ4v) is 2.30. The molecule has 1 aromatic rings. The third kappa shape index (κ3) is 5.21. The Balaban J connectivity index is 2.48. The average molecular weight is 251 g/mol. The van der Waals surface area contributed by atoms with Crippen LogP contribution in [0.3, 0.4) is 0 Å². The van der Waals surface area contributed by atoms with Gasteiger partial charge >= 0.3 is 0 Å². The molecule has 1 atom stereocenters. The van der Waals surface area contributed by atoms with E-state index in [2.05, 4.69) is 41.8 Å². The molecule has 1 aromatic heterocycles. The lowest BCUT2D eigenvalue weighted by Gasteiger charge is -2.18. The summed E-state index contributed by atoms with van der Waals surface area (Å²) >= 11 is 0. The van der Waals surface area contributed by atoms with Crippen molar-refractivity contribution in [2.24, 2.45) is 0 Å².